The van der Waals surface area contributed by atoms with Gasteiger partial charge < -0.3 is 0 Å². The molecule has 0 saturated carbocycles. The van der Waals surface area contributed by atoms with Gasteiger partial charge in [0.1, 0.15) is 0 Å². The topological polar surface area (TPSA) is 18.5 Å². The lowest BCUT2D eigenvalue weighted by Gasteiger charge is -2.41. The van der Waals surface area contributed by atoms with E-state index in [1.54, 1.807) is 0 Å². The summed E-state index contributed by atoms with van der Waals surface area (Å²) < 4.78 is 6.23. The van der Waals surface area contributed by atoms with E-state index in [0.29, 0.717) is 6.42 Å². The first-order valence-corrected chi connectivity index (χ1v) is 10.4. The molecule has 0 amide bonds. The second-order valence-corrected chi connectivity index (χ2v) is 11.3. The molecule has 23 heavy (non-hydrogen) atoms. The first-order chi connectivity index (χ1) is 10.9. The molecule has 0 aliphatic carbocycles. The molecule has 124 valence electrons. The van der Waals surface area contributed by atoms with Gasteiger partial charge in [0.2, 0.25) is 0 Å². The third kappa shape index (κ3) is 3.86. The Bertz CT molecular complexity index is 556. The molecule has 0 radical (unpaired) electrons. The molecule has 0 N–H and O–H groups in total. The summed E-state index contributed by atoms with van der Waals surface area (Å²) in [5.41, 5.74) is -0.448. The van der Waals surface area contributed by atoms with Crippen LogP contribution in [0.25, 0.3) is 0 Å². The zero-order chi connectivity index (χ0) is 16.9. The highest BCUT2D eigenvalue weighted by molar-refractivity contribution is 6.99. The molecular weight excluding hydrogens is 324 g/mol. The van der Waals surface area contributed by atoms with E-state index in [4.69, 9.17) is 21.1 Å². The highest BCUT2D eigenvalue weighted by Crippen LogP contribution is 2.37. The summed E-state index contributed by atoms with van der Waals surface area (Å²) in [6.07, 6.45) is 0.694. The van der Waals surface area contributed by atoms with Crippen molar-refractivity contribution in [2.24, 2.45) is 0 Å². The van der Waals surface area contributed by atoms with Crippen LogP contribution in [0.15, 0.2) is 60.7 Å². The van der Waals surface area contributed by atoms with E-state index < -0.39 is 13.9 Å². The molecule has 0 aliphatic heterocycles. The van der Waals surface area contributed by atoms with Crippen molar-refractivity contribution in [2.45, 2.75) is 44.7 Å². The first-order valence-electron chi connectivity index (χ1n) is 8.01. The van der Waals surface area contributed by atoms with Gasteiger partial charge in [0, 0.05) is 0 Å². The molecule has 0 saturated heterocycles. The SMILES string of the molecule is CCC(Cl)OO[Si](c1ccccc1)(c1ccccc1)C(C)(C)C. The van der Waals surface area contributed by atoms with Crippen molar-refractivity contribution in [1.82, 2.24) is 0 Å². The molecule has 0 heterocycles. The van der Waals surface area contributed by atoms with E-state index in [1.807, 2.05) is 43.3 Å². The van der Waals surface area contributed by atoms with Gasteiger partial charge in [-0.3, -0.25) is 4.58 Å². The number of benzene rings is 2. The van der Waals surface area contributed by atoms with Gasteiger partial charge in [0.25, 0.3) is 0 Å². The van der Waals surface area contributed by atoms with Gasteiger partial charge in [-0.15, -0.1) is 0 Å². The predicted octanol–water partition coefficient (Wildman–Crippen LogP) is 4.47. The molecule has 2 aromatic rings. The van der Waals surface area contributed by atoms with E-state index in [1.165, 1.54) is 10.4 Å². The second-order valence-electron chi connectivity index (χ2n) is 6.66. The van der Waals surface area contributed by atoms with Gasteiger partial charge >= 0.3 is 8.32 Å². The highest BCUT2D eigenvalue weighted by Gasteiger charge is 2.52. The van der Waals surface area contributed by atoms with Crippen LogP contribution in [0.5, 0.6) is 0 Å². The maximum Gasteiger partial charge on any atom is 0.305 e. The van der Waals surface area contributed by atoms with Gasteiger partial charge in [0.15, 0.2) is 5.56 Å². The Labute approximate surface area is 145 Å². The number of halogens is 1. The largest absolute Gasteiger partial charge is 0.305 e. The molecule has 0 aliphatic rings. The van der Waals surface area contributed by atoms with Crippen LogP contribution in [0.1, 0.15) is 34.1 Å². The number of rotatable bonds is 6. The normalized spacial score (nSPS) is 13.8. The van der Waals surface area contributed by atoms with Crippen LogP contribution >= 0.6 is 11.6 Å². The summed E-state index contributed by atoms with van der Waals surface area (Å²) in [6.45, 7) is 8.60. The van der Waals surface area contributed by atoms with Crippen LogP contribution in [-0.2, 0) is 9.46 Å². The molecule has 2 aromatic carbocycles. The average Bonchev–Trinajstić information content (AvgIpc) is 2.56. The van der Waals surface area contributed by atoms with Crippen molar-refractivity contribution < 1.29 is 9.46 Å². The highest BCUT2D eigenvalue weighted by atomic mass is 35.5. The van der Waals surface area contributed by atoms with E-state index in [9.17, 15) is 0 Å². The van der Waals surface area contributed by atoms with Crippen molar-refractivity contribution in [3.8, 4) is 0 Å². The van der Waals surface area contributed by atoms with Crippen molar-refractivity contribution >= 4 is 30.3 Å². The fraction of sp³-hybridized carbons (Fsp3) is 0.368. The molecule has 0 fully saturated rings. The van der Waals surface area contributed by atoms with Crippen molar-refractivity contribution in [3.63, 3.8) is 0 Å². The molecule has 2 rings (SSSR count). The molecule has 0 aromatic heterocycles. The number of hydrogen-bond donors (Lipinski definition) is 0. The summed E-state index contributed by atoms with van der Waals surface area (Å²) in [7, 11) is -2.64. The van der Waals surface area contributed by atoms with Crippen LogP contribution in [0.3, 0.4) is 0 Å². The number of hydrogen-bond acceptors (Lipinski definition) is 2. The van der Waals surface area contributed by atoms with Gasteiger partial charge in [-0.2, -0.15) is 0 Å². The zero-order valence-corrected chi connectivity index (χ0v) is 16.0. The second kappa shape index (κ2) is 7.62. The Hall–Kier alpha value is -1.13. The minimum absolute atomic E-state index is 0.111. The van der Waals surface area contributed by atoms with Gasteiger partial charge in [-0.1, -0.05) is 100.0 Å². The molecule has 0 spiro atoms. The quantitative estimate of drug-likeness (QED) is 0.332. The van der Waals surface area contributed by atoms with Gasteiger partial charge in [-0.05, 0) is 21.8 Å². The third-order valence-electron chi connectivity index (χ3n) is 4.02. The molecule has 1 unspecified atom stereocenters. The van der Waals surface area contributed by atoms with Crippen LogP contribution in [0.2, 0.25) is 5.04 Å². The fourth-order valence-electron chi connectivity index (χ4n) is 2.79. The molecular formula is C19H25ClO2Si. The zero-order valence-electron chi connectivity index (χ0n) is 14.3. The summed E-state index contributed by atoms with van der Waals surface area (Å²) in [4.78, 5) is 5.62. The fourth-order valence-corrected chi connectivity index (χ4v) is 6.98. The van der Waals surface area contributed by atoms with Gasteiger partial charge in [-0.25, -0.2) is 4.89 Å². The van der Waals surface area contributed by atoms with Gasteiger partial charge in [0.05, 0.1) is 0 Å². The van der Waals surface area contributed by atoms with E-state index >= 15 is 0 Å². The maximum absolute atomic E-state index is 6.23. The van der Waals surface area contributed by atoms with Crippen LogP contribution < -0.4 is 10.4 Å². The molecule has 1 atom stereocenters. The van der Waals surface area contributed by atoms with E-state index in [-0.39, 0.29) is 5.04 Å². The molecule has 4 heteroatoms. The average molecular weight is 349 g/mol. The summed E-state index contributed by atoms with van der Waals surface area (Å²) >= 11 is 6.17. The lowest BCUT2D eigenvalue weighted by atomic mass is 10.2. The number of alkyl halides is 1. The Morgan fingerprint density at radius 1 is 0.913 bits per heavy atom. The van der Waals surface area contributed by atoms with E-state index in [0.717, 1.165) is 0 Å². The Kier molecular flexibility index (Phi) is 6.04. The minimum Gasteiger partial charge on any atom is -0.273 e. The minimum atomic E-state index is -2.64. The molecule has 2 nitrogen and oxygen atoms in total. The predicted molar refractivity (Wildman–Crippen MR) is 99.7 cm³/mol. The van der Waals surface area contributed by atoms with Crippen molar-refractivity contribution in [3.05, 3.63) is 60.7 Å². The Morgan fingerprint density at radius 2 is 1.35 bits per heavy atom. The third-order valence-corrected chi connectivity index (χ3v) is 9.15. The standard InChI is InChI=1S/C19H25ClO2Si/c1-5-18(20)21-22-23(19(2,3)4,16-12-8-6-9-13-16)17-14-10-7-11-15-17/h6-15,18H,5H2,1-4H3. The maximum atomic E-state index is 6.23. The van der Waals surface area contributed by atoms with Crippen LogP contribution in [-0.4, -0.2) is 13.9 Å². The van der Waals surface area contributed by atoms with E-state index in [2.05, 4.69) is 45.0 Å². The summed E-state index contributed by atoms with van der Waals surface area (Å²) in [6, 6.07) is 20.7. The van der Waals surface area contributed by atoms with Crippen molar-refractivity contribution in [1.29, 1.82) is 0 Å². The summed E-state index contributed by atoms with van der Waals surface area (Å²) in [5, 5.41) is 2.25. The smallest absolute Gasteiger partial charge is 0.273 e. The first kappa shape index (κ1) is 18.2. The van der Waals surface area contributed by atoms with Crippen LogP contribution in [0, 0.1) is 0 Å². The summed E-state index contributed by atoms with van der Waals surface area (Å²) in [5.74, 6) is 0. The lowest BCUT2D eigenvalue weighted by Crippen LogP contribution is -2.66. The Morgan fingerprint density at radius 3 is 1.70 bits per heavy atom. The monoisotopic (exact) mass is 348 g/mol. The molecule has 0 bridgehead atoms. The lowest BCUT2D eigenvalue weighted by molar-refractivity contribution is -0.232. The van der Waals surface area contributed by atoms with Crippen LogP contribution in [0.4, 0.5) is 0 Å². The Balaban J connectivity index is 2.60. The van der Waals surface area contributed by atoms with Crippen molar-refractivity contribution in [2.75, 3.05) is 0 Å².